The molecule has 4 heteroatoms. The van der Waals surface area contributed by atoms with Gasteiger partial charge in [0.15, 0.2) is 0 Å². The summed E-state index contributed by atoms with van der Waals surface area (Å²) >= 11 is 6.57. The minimum atomic E-state index is -0.331. The summed E-state index contributed by atoms with van der Waals surface area (Å²) < 4.78 is 16.1. The lowest BCUT2D eigenvalue weighted by atomic mass is 10.0. The number of methoxy groups -OCH3 is 2. The molecule has 0 saturated carbocycles. The van der Waals surface area contributed by atoms with E-state index < -0.39 is 0 Å². The Bertz CT molecular complexity index is 575. The SMILES string of the molecule is COc1ccc(OC)c(C(Cl)c2cc(C)oc2C)c1. The summed E-state index contributed by atoms with van der Waals surface area (Å²) in [5.41, 5.74) is 1.82. The van der Waals surface area contributed by atoms with Crippen LogP contribution in [0.25, 0.3) is 0 Å². The number of aryl methyl sites for hydroxylation is 2. The molecule has 1 heterocycles. The molecule has 0 aliphatic carbocycles. The summed E-state index contributed by atoms with van der Waals surface area (Å²) in [6, 6.07) is 7.54. The molecular formula is C15H17ClO3. The molecule has 3 nitrogen and oxygen atoms in total. The number of hydrogen-bond acceptors (Lipinski definition) is 3. The fraction of sp³-hybridized carbons (Fsp3) is 0.333. The highest BCUT2D eigenvalue weighted by atomic mass is 35.5. The first kappa shape index (κ1) is 13.8. The number of benzene rings is 1. The van der Waals surface area contributed by atoms with Crippen LogP contribution < -0.4 is 9.47 Å². The number of hydrogen-bond donors (Lipinski definition) is 0. The zero-order chi connectivity index (χ0) is 14.0. The van der Waals surface area contributed by atoms with Crippen molar-refractivity contribution >= 4 is 11.6 Å². The minimum absolute atomic E-state index is 0.331. The van der Waals surface area contributed by atoms with Crippen molar-refractivity contribution in [1.82, 2.24) is 0 Å². The first-order valence-electron chi connectivity index (χ1n) is 5.99. The van der Waals surface area contributed by atoms with Gasteiger partial charge in [-0.25, -0.2) is 0 Å². The molecule has 2 rings (SSSR count). The molecular weight excluding hydrogens is 264 g/mol. The van der Waals surface area contributed by atoms with E-state index >= 15 is 0 Å². The quantitative estimate of drug-likeness (QED) is 0.785. The maximum atomic E-state index is 6.57. The maximum absolute atomic E-state index is 6.57. The highest BCUT2D eigenvalue weighted by Gasteiger charge is 2.20. The van der Waals surface area contributed by atoms with Crippen molar-refractivity contribution in [3.63, 3.8) is 0 Å². The lowest BCUT2D eigenvalue weighted by Gasteiger charge is -2.14. The molecule has 0 bridgehead atoms. The molecule has 1 atom stereocenters. The number of furan rings is 1. The lowest BCUT2D eigenvalue weighted by molar-refractivity contribution is 0.399. The normalized spacial score (nSPS) is 12.3. The molecule has 0 radical (unpaired) electrons. The van der Waals surface area contributed by atoms with Crippen molar-refractivity contribution < 1.29 is 13.9 Å². The van der Waals surface area contributed by atoms with Gasteiger partial charge < -0.3 is 13.9 Å². The molecule has 0 aliphatic rings. The van der Waals surface area contributed by atoms with Gasteiger partial charge in [0.25, 0.3) is 0 Å². The van der Waals surface area contributed by atoms with Crippen molar-refractivity contribution in [1.29, 1.82) is 0 Å². The van der Waals surface area contributed by atoms with Gasteiger partial charge in [0.1, 0.15) is 23.0 Å². The van der Waals surface area contributed by atoms with E-state index in [1.54, 1.807) is 14.2 Å². The third kappa shape index (κ3) is 2.71. The van der Waals surface area contributed by atoms with Crippen LogP contribution in [0.4, 0.5) is 0 Å². The number of alkyl halides is 1. The monoisotopic (exact) mass is 280 g/mol. The van der Waals surface area contributed by atoms with Gasteiger partial charge in [-0.1, -0.05) is 0 Å². The standard InChI is InChI=1S/C15H17ClO3/c1-9-7-12(10(2)19-9)15(16)13-8-11(17-3)5-6-14(13)18-4/h5-8,15H,1-4H3. The first-order valence-corrected chi connectivity index (χ1v) is 6.43. The van der Waals surface area contributed by atoms with Crippen LogP contribution in [0.15, 0.2) is 28.7 Å². The summed E-state index contributed by atoms with van der Waals surface area (Å²) in [6.45, 7) is 3.81. The van der Waals surface area contributed by atoms with Gasteiger partial charge in [0.2, 0.25) is 0 Å². The minimum Gasteiger partial charge on any atom is -0.497 e. The van der Waals surface area contributed by atoms with E-state index in [4.69, 9.17) is 25.5 Å². The Morgan fingerprint density at radius 1 is 1.05 bits per heavy atom. The van der Waals surface area contributed by atoms with Gasteiger partial charge in [0, 0.05) is 11.1 Å². The molecule has 1 aromatic heterocycles. The second-order valence-corrected chi connectivity index (χ2v) is 4.78. The maximum Gasteiger partial charge on any atom is 0.124 e. The molecule has 0 amide bonds. The summed E-state index contributed by atoms with van der Waals surface area (Å²) in [6.07, 6.45) is 0. The smallest absolute Gasteiger partial charge is 0.124 e. The highest BCUT2D eigenvalue weighted by molar-refractivity contribution is 6.23. The molecule has 102 valence electrons. The van der Waals surface area contributed by atoms with Gasteiger partial charge in [-0.2, -0.15) is 0 Å². The van der Waals surface area contributed by atoms with Gasteiger partial charge in [0.05, 0.1) is 19.6 Å². The lowest BCUT2D eigenvalue weighted by Crippen LogP contribution is -1.98. The predicted octanol–water partition coefficient (Wildman–Crippen LogP) is 4.24. The Morgan fingerprint density at radius 3 is 2.32 bits per heavy atom. The Morgan fingerprint density at radius 2 is 1.79 bits per heavy atom. The highest BCUT2D eigenvalue weighted by Crippen LogP contribution is 2.39. The van der Waals surface area contributed by atoms with E-state index in [2.05, 4.69) is 0 Å². The van der Waals surface area contributed by atoms with Gasteiger partial charge in [-0.15, -0.1) is 11.6 Å². The molecule has 0 fully saturated rings. The van der Waals surface area contributed by atoms with Crippen LogP contribution in [0.2, 0.25) is 0 Å². The summed E-state index contributed by atoms with van der Waals surface area (Å²) in [5, 5.41) is -0.331. The first-order chi connectivity index (χ1) is 9.06. The summed E-state index contributed by atoms with van der Waals surface area (Å²) in [7, 11) is 3.25. The van der Waals surface area contributed by atoms with Crippen molar-refractivity contribution in [3.05, 3.63) is 46.9 Å². The number of ether oxygens (including phenoxy) is 2. The third-order valence-corrected chi connectivity index (χ3v) is 3.53. The molecule has 0 saturated heterocycles. The van der Waals surface area contributed by atoms with E-state index in [0.29, 0.717) is 0 Å². The average molecular weight is 281 g/mol. The second-order valence-electron chi connectivity index (χ2n) is 4.34. The Labute approximate surface area is 118 Å². The van der Waals surface area contributed by atoms with Crippen LogP contribution in [-0.2, 0) is 0 Å². The fourth-order valence-electron chi connectivity index (χ4n) is 2.11. The second kappa shape index (κ2) is 5.57. The molecule has 0 spiro atoms. The third-order valence-electron chi connectivity index (χ3n) is 3.06. The van der Waals surface area contributed by atoms with Gasteiger partial charge in [-0.05, 0) is 38.1 Å². The predicted molar refractivity (Wildman–Crippen MR) is 75.4 cm³/mol. The summed E-state index contributed by atoms with van der Waals surface area (Å²) in [5.74, 6) is 3.15. The number of rotatable bonds is 4. The van der Waals surface area contributed by atoms with E-state index in [1.807, 2.05) is 38.1 Å². The molecule has 1 unspecified atom stereocenters. The van der Waals surface area contributed by atoms with E-state index in [-0.39, 0.29) is 5.38 Å². The van der Waals surface area contributed by atoms with E-state index in [0.717, 1.165) is 34.1 Å². The van der Waals surface area contributed by atoms with Crippen LogP contribution in [0, 0.1) is 13.8 Å². The Balaban J connectivity index is 2.47. The van der Waals surface area contributed by atoms with Crippen LogP contribution in [-0.4, -0.2) is 14.2 Å². The Hall–Kier alpha value is -1.61. The van der Waals surface area contributed by atoms with Crippen molar-refractivity contribution in [2.24, 2.45) is 0 Å². The van der Waals surface area contributed by atoms with Crippen molar-refractivity contribution in [3.8, 4) is 11.5 Å². The van der Waals surface area contributed by atoms with Crippen molar-refractivity contribution in [2.75, 3.05) is 14.2 Å². The molecule has 2 aromatic rings. The van der Waals surface area contributed by atoms with Gasteiger partial charge >= 0.3 is 0 Å². The molecule has 1 aromatic carbocycles. The van der Waals surface area contributed by atoms with E-state index in [1.165, 1.54) is 0 Å². The largest absolute Gasteiger partial charge is 0.497 e. The van der Waals surface area contributed by atoms with Crippen LogP contribution in [0.5, 0.6) is 11.5 Å². The van der Waals surface area contributed by atoms with Crippen molar-refractivity contribution in [2.45, 2.75) is 19.2 Å². The van der Waals surface area contributed by atoms with Crippen LogP contribution in [0.1, 0.15) is 28.0 Å². The number of halogens is 1. The molecule has 19 heavy (non-hydrogen) atoms. The van der Waals surface area contributed by atoms with E-state index in [9.17, 15) is 0 Å². The Kier molecular flexibility index (Phi) is 4.05. The average Bonchev–Trinajstić information content (AvgIpc) is 2.76. The summed E-state index contributed by atoms with van der Waals surface area (Å²) in [4.78, 5) is 0. The zero-order valence-corrected chi connectivity index (χ0v) is 12.2. The van der Waals surface area contributed by atoms with Gasteiger partial charge in [-0.3, -0.25) is 0 Å². The van der Waals surface area contributed by atoms with Crippen LogP contribution >= 0.6 is 11.6 Å². The fourth-order valence-corrected chi connectivity index (χ4v) is 2.49. The molecule has 0 aliphatic heterocycles. The zero-order valence-electron chi connectivity index (χ0n) is 11.5. The molecule has 0 N–H and O–H groups in total. The topological polar surface area (TPSA) is 31.6 Å². The van der Waals surface area contributed by atoms with Crippen LogP contribution in [0.3, 0.4) is 0 Å².